The van der Waals surface area contributed by atoms with E-state index in [1.165, 1.54) is 0 Å². The summed E-state index contributed by atoms with van der Waals surface area (Å²) >= 11 is 0. The van der Waals surface area contributed by atoms with E-state index in [4.69, 9.17) is 4.74 Å². The van der Waals surface area contributed by atoms with Gasteiger partial charge in [-0.1, -0.05) is 6.07 Å². The number of methoxy groups -OCH3 is 1. The molecule has 1 aliphatic rings. The quantitative estimate of drug-likeness (QED) is 0.899. The van der Waals surface area contributed by atoms with Crippen LogP contribution in [0.1, 0.15) is 12.1 Å². The highest BCUT2D eigenvalue weighted by atomic mass is 16.5. The summed E-state index contributed by atoms with van der Waals surface area (Å²) in [6.07, 6.45) is 4.62. The van der Waals surface area contributed by atoms with Gasteiger partial charge in [0.05, 0.1) is 12.8 Å². The summed E-state index contributed by atoms with van der Waals surface area (Å²) in [6.45, 7) is 2.91. The molecule has 6 heteroatoms. The summed E-state index contributed by atoms with van der Waals surface area (Å²) in [7, 11) is 1.61. The summed E-state index contributed by atoms with van der Waals surface area (Å²) in [5.41, 5.74) is 1.11. The zero-order valence-corrected chi connectivity index (χ0v) is 12.1. The van der Waals surface area contributed by atoms with Crippen molar-refractivity contribution >= 4 is 5.95 Å². The maximum Gasteiger partial charge on any atom is 0.226 e. The van der Waals surface area contributed by atoms with Gasteiger partial charge >= 0.3 is 0 Å². The van der Waals surface area contributed by atoms with Gasteiger partial charge in [-0.25, -0.2) is 4.98 Å². The first-order valence-electron chi connectivity index (χ1n) is 7.09. The molecule has 0 spiro atoms. The van der Waals surface area contributed by atoms with E-state index in [-0.39, 0.29) is 0 Å². The number of nitrogens with one attached hydrogen (secondary N) is 1. The fourth-order valence-electron chi connectivity index (χ4n) is 2.52. The van der Waals surface area contributed by atoms with Gasteiger partial charge in [0.25, 0.3) is 0 Å². The van der Waals surface area contributed by atoms with Gasteiger partial charge in [-0.3, -0.25) is 9.88 Å². The Kier molecular flexibility index (Phi) is 4.25. The Hall–Kier alpha value is -2.21. The van der Waals surface area contributed by atoms with E-state index in [0.717, 1.165) is 31.7 Å². The van der Waals surface area contributed by atoms with Gasteiger partial charge in [-0.15, -0.1) is 0 Å². The Morgan fingerprint density at radius 2 is 2.24 bits per heavy atom. The topological polar surface area (TPSA) is 63.2 Å². The SMILES string of the molecule is COc1ccnc(NC2CCN(Cc3ccccn3)C2)n1. The summed E-state index contributed by atoms with van der Waals surface area (Å²) < 4.78 is 5.11. The molecule has 1 N–H and O–H groups in total. The molecule has 1 atom stereocenters. The van der Waals surface area contributed by atoms with E-state index < -0.39 is 0 Å². The third-order valence-corrected chi connectivity index (χ3v) is 3.56. The van der Waals surface area contributed by atoms with E-state index in [0.29, 0.717) is 17.9 Å². The predicted octanol–water partition coefficient (Wildman–Crippen LogP) is 1.57. The first-order valence-corrected chi connectivity index (χ1v) is 7.09. The number of ether oxygens (including phenoxy) is 1. The lowest BCUT2D eigenvalue weighted by Gasteiger charge is -2.16. The van der Waals surface area contributed by atoms with Crippen molar-refractivity contribution in [1.29, 1.82) is 0 Å². The normalized spacial score (nSPS) is 18.6. The second-order valence-corrected chi connectivity index (χ2v) is 5.11. The molecule has 1 saturated heterocycles. The molecule has 0 bridgehead atoms. The molecule has 2 aromatic heterocycles. The van der Waals surface area contributed by atoms with E-state index in [1.54, 1.807) is 19.4 Å². The molecule has 3 rings (SSSR count). The molecule has 6 nitrogen and oxygen atoms in total. The van der Waals surface area contributed by atoms with Crippen molar-refractivity contribution in [3.63, 3.8) is 0 Å². The van der Waals surface area contributed by atoms with Crippen LogP contribution in [0, 0.1) is 0 Å². The highest BCUT2D eigenvalue weighted by Crippen LogP contribution is 2.16. The van der Waals surface area contributed by atoms with Crippen molar-refractivity contribution in [2.45, 2.75) is 19.0 Å². The van der Waals surface area contributed by atoms with Crippen molar-refractivity contribution < 1.29 is 4.74 Å². The Balaban J connectivity index is 1.54. The zero-order chi connectivity index (χ0) is 14.5. The first kappa shape index (κ1) is 13.8. The van der Waals surface area contributed by atoms with Gasteiger partial charge in [0.1, 0.15) is 0 Å². The number of hydrogen-bond donors (Lipinski definition) is 1. The van der Waals surface area contributed by atoms with Crippen molar-refractivity contribution in [1.82, 2.24) is 19.9 Å². The second-order valence-electron chi connectivity index (χ2n) is 5.11. The lowest BCUT2D eigenvalue weighted by Crippen LogP contribution is -2.26. The van der Waals surface area contributed by atoms with Crippen molar-refractivity contribution in [2.24, 2.45) is 0 Å². The Labute approximate surface area is 124 Å². The average molecular weight is 285 g/mol. The van der Waals surface area contributed by atoms with Gasteiger partial charge in [-0.05, 0) is 18.6 Å². The van der Waals surface area contributed by atoms with Crippen LogP contribution < -0.4 is 10.1 Å². The van der Waals surface area contributed by atoms with Crippen molar-refractivity contribution in [2.75, 3.05) is 25.5 Å². The van der Waals surface area contributed by atoms with Crippen LogP contribution in [0.15, 0.2) is 36.7 Å². The molecule has 1 unspecified atom stereocenters. The highest BCUT2D eigenvalue weighted by Gasteiger charge is 2.23. The number of anilines is 1. The lowest BCUT2D eigenvalue weighted by molar-refractivity contribution is 0.324. The van der Waals surface area contributed by atoms with Gasteiger partial charge < -0.3 is 10.1 Å². The van der Waals surface area contributed by atoms with Crippen LogP contribution in [-0.4, -0.2) is 46.1 Å². The highest BCUT2D eigenvalue weighted by molar-refractivity contribution is 5.29. The second kappa shape index (κ2) is 6.49. The Morgan fingerprint density at radius 1 is 1.29 bits per heavy atom. The van der Waals surface area contributed by atoms with Crippen LogP contribution in [-0.2, 0) is 6.54 Å². The zero-order valence-electron chi connectivity index (χ0n) is 12.1. The van der Waals surface area contributed by atoms with Gasteiger partial charge in [0, 0.05) is 44.1 Å². The minimum Gasteiger partial charge on any atom is -0.481 e. The van der Waals surface area contributed by atoms with Crippen LogP contribution in [0.25, 0.3) is 0 Å². The molecule has 21 heavy (non-hydrogen) atoms. The number of pyridine rings is 1. The Morgan fingerprint density at radius 3 is 3.05 bits per heavy atom. The monoisotopic (exact) mass is 285 g/mol. The van der Waals surface area contributed by atoms with Crippen molar-refractivity contribution in [3.05, 3.63) is 42.4 Å². The molecule has 0 amide bonds. The lowest BCUT2D eigenvalue weighted by atomic mass is 10.3. The molecule has 1 fully saturated rings. The molecule has 0 saturated carbocycles. The van der Waals surface area contributed by atoms with Gasteiger partial charge in [0.2, 0.25) is 11.8 Å². The minimum atomic E-state index is 0.362. The van der Waals surface area contributed by atoms with Crippen LogP contribution in [0.5, 0.6) is 5.88 Å². The molecule has 0 radical (unpaired) electrons. The van der Waals surface area contributed by atoms with Crippen LogP contribution >= 0.6 is 0 Å². The van der Waals surface area contributed by atoms with E-state index in [2.05, 4.69) is 31.2 Å². The fourth-order valence-corrected chi connectivity index (χ4v) is 2.52. The number of likely N-dealkylation sites (tertiary alicyclic amines) is 1. The van der Waals surface area contributed by atoms with E-state index in [1.807, 2.05) is 18.3 Å². The first-order chi connectivity index (χ1) is 10.3. The smallest absolute Gasteiger partial charge is 0.226 e. The van der Waals surface area contributed by atoms with Crippen LogP contribution in [0.2, 0.25) is 0 Å². The van der Waals surface area contributed by atoms with E-state index in [9.17, 15) is 0 Å². The standard InChI is InChI=1S/C15H19N5O/c1-21-14-5-8-17-15(19-14)18-13-6-9-20(11-13)10-12-4-2-3-7-16-12/h2-5,7-8,13H,6,9-11H2,1H3,(H,17,18,19). The van der Waals surface area contributed by atoms with Crippen LogP contribution in [0.3, 0.4) is 0 Å². The fraction of sp³-hybridized carbons (Fsp3) is 0.400. The molecule has 1 aliphatic heterocycles. The minimum absolute atomic E-state index is 0.362. The Bertz CT molecular complexity index is 577. The number of aromatic nitrogens is 3. The van der Waals surface area contributed by atoms with Crippen molar-refractivity contribution in [3.8, 4) is 5.88 Å². The molecular formula is C15H19N5O. The van der Waals surface area contributed by atoms with Gasteiger partial charge in [-0.2, -0.15) is 4.98 Å². The maximum absolute atomic E-state index is 5.11. The molecule has 0 aliphatic carbocycles. The molecule has 110 valence electrons. The number of nitrogens with zero attached hydrogens (tertiary/aromatic N) is 4. The van der Waals surface area contributed by atoms with Crippen LogP contribution in [0.4, 0.5) is 5.95 Å². The summed E-state index contributed by atoms with van der Waals surface area (Å²) in [6, 6.07) is 8.14. The third kappa shape index (κ3) is 3.66. The third-order valence-electron chi connectivity index (χ3n) is 3.56. The predicted molar refractivity (Wildman–Crippen MR) is 80.1 cm³/mol. The molecule has 0 aromatic carbocycles. The molecule has 2 aromatic rings. The molecule has 3 heterocycles. The molecular weight excluding hydrogens is 266 g/mol. The summed E-state index contributed by atoms with van der Waals surface area (Å²) in [5, 5.41) is 3.37. The van der Waals surface area contributed by atoms with E-state index >= 15 is 0 Å². The summed E-state index contributed by atoms with van der Waals surface area (Å²) in [5.74, 6) is 1.20. The van der Waals surface area contributed by atoms with Gasteiger partial charge in [0.15, 0.2) is 0 Å². The number of rotatable bonds is 5. The number of hydrogen-bond acceptors (Lipinski definition) is 6. The maximum atomic E-state index is 5.11. The largest absolute Gasteiger partial charge is 0.481 e. The average Bonchev–Trinajstić information content (AvgIpc) is 2.95. The summed E-state index contributed by atoms with van der Waals surface area (Å²) in [4.78, 5) is 15.3.